The van der Waals surface area contributed by atoms with Crippen LogP contribution >= 0.6 is 0 Å². The van der Waals surface area contributed by atoms with Gasteiger partial charge in [0, 0.05) is 18.8 Å². The van der Waals surface area contributed by atoms with Crippen LogP contribution in [-0.4, -0.2) is 13.0 Å². The van der Waals surface area contributed by atoms with E-state index in [1.165, 1.54) is 0 Å². The van der Waals surface area contributed by atoms with E-state index in [0.717, 1.165) is 17.1 Å². The summed E-state index contributed by atoms with van der Waals surface area (Å²) in [4.78, 5) is 13.6. The first kappa shape index (κ1) is 10.7. The first-order valence-electron chi connectivity index (χ1n) is 5.45. The van der Waals surface area contributed by atoms with Crippen LogP contribution in [0, 0.1) is 5.92 Å². The van der Waals surface area contributed by atoms with Crippen molar-refractivity contribution in [2.75, 3.05) is 17.3 Å². The van der Waals surface area contributed by atoms with Crippen molar-refractivity contribution in [2.45, 2.75) is 13.8 Å². The Hall–Kier alpha value is -1.77. The second-order valence-electron chi connectivity index (χ2n) is 4.29. The van der Waals surface area contributed by atoms with Crippen LogP contribution in [0.2, 0.25) is 0 Å². The molecule has 0 unspecified atom stereocenters. The molecule has 0 spiro atoms. The zero-order chi connectivity index (χ0) is 11.7. The lowest BCUT2D eigenvalue weighted by atomic mass is 10.1. The van der Waals surface area contributed by atoms with Gasteiger partial charge in [-0.15, -0.1) is 0 Å². The van der Waals surface area contributed by atoms with Gasteiger partial charge in [-0.1, -0.05) is 26.0 Å². The van der Waals surface area contributed by atoms with Crippen molar-refractivity contribution in [3.8, 4) is 0 Å². The summed E-state index contributed by atoms with van der Waals surface area (Å²) < 4.78 is 0. The summed E-state index contributed by atoms with van der Waals surface area (Å²) in [5, 5.41) is 3.32. The molecule has 1 aliphatic rings. The maximum absolute atomic E-state index is 11.9. The largest absolute Gasteiger partial charge is 0.357 e. The lowest BCUT2D eigenvalue weighted by molar-refractivity contribution is -0.113. The van der Waals surface area contributed by atoms with Gasteiger partial charge in [-0.05, 0) is 18.1 Å². The molecule has 0 saturated heterocycles. The fraction of sp³-hybridized carbons (Fsp3) is 0.308. The zero-order valence-corrected chi connectivity index (χ0v) is 9.82. The molecule has 3 nitrogen and oxygen atoms in total. The van der Waals surface area contributed by atoms with E-state index in [1.54, 1.807) is 18.0 Å². The van der Waals surface area contributed by atoms with Gasteiger partial charge in [-0.3, -0.25) is 4.79 Å². The van der Waals surface area contributed by atoms with Gasteiger partial charge < -0.3 is 10.2 Å². The maximum Gasteiger partial charge on any atom is 0.252 e. The topological polar surface area (TPSA) is 32.3 Å². The Kier molecular flexibility index (Phi) is 2.69. The molecule has 2 rings (SSSR count). The van der Waals surface area contributed by atoms with Crippen molar-refractivity contribution in [3.63, 3.8) is 0 Å². The molecule has 0 bridgehead atoms. The molecule has 84 valence electrons. The first-order chi connectivity index (χ1) is 7.59. The van der Waals surface area contributed by atoms with Crippen molar-refractivity contribution < 1.29 is 4.79 Å². The minimum absolute atomic E-state index is 0.0150. The Morgan fingerprint density at radius 1 is 1.25 bits per heavy atom. The first-order valence-corrected chi connectivity index (χ1v) is 5.45. The molecule has 0 atom stereocenters. The van der Waals surface area contributed by atoms with Crippen LogP contribution in [0.1, 0.15) is 13.8 Å². The lowest BCUT2D eigenvalue weighted by Crippen LogP contribution is -2.23. The average molecular weight is 216 g/mol. The van der Waals surface area contributed by atoms with E-state index >= 15 is 0 Å². The molecule has 3 heteroatoms. The molecule has 1 aliphatic heterocycles. The van der Waals surface area contributed by atoms with Crippen molar-refractivity contribution in [1.29, 1.82) is 0 Å². The number of benzene rings is 1. The van der Waals surface area contributed by atoms with Gasteiger partial charge in [0.15, 0.2) is 0 Å². The molecule has 1 aromatic carbocycles. The number of likely N-dealkylation sites (N-methyl/N-ethyl adjacent to an activating group) is 1. The fourth-order valence-electron chi connectivity index (χ4n) is 1.72. The second kappa shape index (κ2) is 4.00. The van der Waals surface area contributed by atoms with E-state index in [-0.39, 0.29) is 5.91 Å². The van der Waals surface area contributed by atoms with Gasteiger partial charge in [-0.25, -0.2) is 0 Å². The van der Waals surface area contributed by atoms with E-state index in [9.17, 15) is 4.79 Å². The molecule has 1 N–H and O–H groups in total. The molecule has 1 aromatic rings. The van der Waals surface area contributed by atoms with E-state index in [0.29, 0.717) is 5.92 Å². The van der Waals surface area contributed by atoms with Crippen molar-refractivity contribution in [1.82, 2.24) is 0 Å². The summed E-state index contributed by atoms with van der Waals surface area (Å²) in [6, 6.07) is 7.83. The Morgan fingerprint density at radius 3 is 2.62 bits per heavy atom. The Bertz CT molecular complexity index is 449. The van der Waals surface area contributed by atoms with Gasteiger partial charge in [-0.2, -0.15) is 0 Å². The van der Waals surface area contributed by atoms with Crippen LogP contribution in [0.15, 0.2) is 36.0 Å². The Morgan fingerprint density at radius 2 is 1.94 bits per heavy atom. The molecule has 1 heterocycles. The van der Waals surface area contributed by atoms with Gasteiger partial charge in [0.25, 0.3) is 5.91 Å². The predicted octanol–water partition coefficient (Wildman–Crippen LogP) is 2.61. The molecular formula is C13H16N2O. The summed E-state index contributed by atoms with van der Waals surface area (Å²) >= 11 is 0. The van der Waals surface area contributed by atoms with Gasteiger partial charge in [0.2, 0.25) is 0 Å². The summed E-state index contributed by atoms with van der Waals surface area (Å²) in [7, 11) is 1.79. The number of hydrogen-bond donors (Lipinski definition) is 1. The Balaban J connectivity index is 2.49. The minimum Gasteiger partial charge on any atom is -0.357 e. The van der Waals surface area contributed by atoms with Crippen molar-refractivity contribution >= 4 is 17.3 Å². The number of carbonyl (C=O) groups excluding carboxylic acids is 1. The number of anilines is 2. The predicted molar refractivity (Wildman–Crippen MR) is 66.4 cm³/mol. The number of carbonyl (C=O) groups is 1. The smallest absolute Gasteiger partial charge is 0.252 e. The number of hydrogen-bond acceptors (Lipinski definition) is 2. The van der Waals surface area contributed by atoms with Gasteiger partial charge in [0.05, 0.1) is 11.4 Å². The average Bonchev–Trinajstić information content (AvgIpc) is 2.38. The molecular weight excluding hydrogens is 200 g/mol. The standard InChI is InChI=1S/C13H16N2O/c1-9(2)11-8-13(16)15(3)12-7-5-4-6-10(12)14-11/h4-9,14H,1-3H3. The minimum atomic E-state index is 0.0150. The second-order valence-corrected chi connectivity index (χ2v) is 4.29. The monoisotopic (exact) mass is 216 g/mol. The number of para-hydroxylation sites is 2. The van der Waals surface area contributed by atoms with E-state index in [2.05, 4.69) is 19.2 Å². The van der Waals surface area contributed by atoms with Crippen LogP contribution in [0.5, 0.6) is 0 Å². The molecule has 0 radical (unpaired) electrons. The third-order valence-corrected chi connectivity index (χ3v) is 2.78. The lowest BCUT2D eigenvalue weighted by Gasteiger charge is -2.17. The summed E-state index contributed by atoms with van der Waals surface area (Å²) in [6.07, 6.45) is 1.67. The van der Waals surface area contributed by atoms with Crippen LogP contribution < -0.4 is 10.2 Å². The van der Waals surface area contributed by atoms with E-state index < -0.39 is 0 Å². The number of nitrogens with zero attached hydrogens (tertiary/aromatic N) is 1. The number of amides is 1. The summed E-state index contributed by atoms with van der Waals surface area (Å²) in [5.74, 6) is 0.324. The van der Waals surface area contributed by atoms with Gasteiger partial charge in [0.1, 0.15) is 0 Å². The highest BCUT2D eigenvalue weighted by Gasteiger charge is 2.19. The van der Waals surface area contributed by atoms with Crippen LogP contribution in [0.25, 0.3) is 0 Å². The highest BCUT2D eigenvalue weighted by atomic mass is 16.2. The highest BCUT2D eigenvalue weighted by Crippen LogP contribution is 2.30. The van der Waals surface area contributed by atoms with Crippen LogP contribution in [-0.2, 0) is 4.79 Å². The molecule has 16 heavy (non-hydrogen) atoms. The molecule has 0 fully saturated rings. The van der Waals surface area contributed by atoms with E-state index in [4.69, 9.17) is 0 Å². The quantitative estimate of drug-likeness (QED) is 0.782. The fourth-order valence-corrected chi connectivity index (χ4v) is 1.72. The number of fused-ring (bicyclic) bond motifs is 1. The summed E-state index contributed by atoms with van der Waals surface area (Å²) in [5.41, 5.74) is 2.86. The molecule has 0 aromatic heterocycles. The van der Waals surface area contributed by atoms with Crippen molar-refractivity contribution in [2.24, 2.45) is 5.92 Å². The molecule has 1 amide bonds. The number of rotatable bonds is 1. The summed E-state index contributed by atoms with van der Waals surface area (Å²) in [6.45, 7) is 4.14. The van der Waals surface area contributed by atoms with Crippen LogP contribution in [0.3, 0.4) is 0 Å². The molecule has 0 aliphatic carbocycles. The molecule has 0 saturated carbocycles. The SMILES string of the molecule is CC(C)C1=CC(=O)N(C)c2ccccc2N1. The van der Waals surface area contributed by atoms with E-state index in [1.807, 2.05) is 24.3 Å². The van der Waals surface area contributed by atoms with Crippen LogP contribution in [0.4, 0.5) is 11.4 Å². The van der Waals surface area contributed by atoms with Crippen molar-refractivity contribution in [3.05, 3.63) is 36.0 Å². The number of nitrogens with one attached hydrogen (secondary N) is 1. The zero-order valence-electron chi connectivity index (χ0n) is 9.82. The normalized spacial score (nSPS) is 15.4. The number of allylic oxidation sites excluding steroid dienone is 1. The van der Waals surface area contributed by atoms with Gasteiger partial charge >= 0.3 is 0 Å². The highest BCUT2D eigenvalue weighted by molar-refractivity contribution is 6.05. The Labute approximate surface area is 95.8 Å². The maximum atomic E-state index is 11.9. The third-order valence-electron chi connectivity index (χ3n) is 2.78. The third kappa shape index (κ3) is 1.81.